The van der Waals surface area contributed by atoms with Crippen LogP contribution in [0.2, 0.25) is 0 Å². The minimum atomic E-state index is -0.487. The molecule has 0 unspecified atom stereocenters. The number of thiophene rings is 1. The van der Waals surface area contributed by atoms with E-state index in [-0.39, 0.29) is 11.6 Å². The van der Waals surface area contributed by atoms with Gasteiger partial charge in [0, 0.05) is 17.3 Å². The first kappa shape index (κ1) is 14.6. The van der Waals surface area contributed by atoms with Crippen molar-refractivity contribution in [1.82, 2.24) is 20.8 Å². The van der Waals surface area contributed by atoms with Gasteiger partial charge in [-0.2, -0.15) is 0 Å². The summed E-state index contributed by atoms with van der Waals surface area (Å²) in [4.78, 5) is 33.5. The maximum atomic E-state index is 12.1. The number of hydrogen-bond acceptors (Lipinski definition) is 5. The standard InChI is InChI=1S/C15H16N4O2S/c20-14(11-9-16-6-7-17-11)18-19-15(21)13-8-10-4-2-1-3-5-12(10)22-13/h6-9H,1-5H2,(H,18,20)(H,19,21). The summed E-state index contributed by atoms with van der Waals surface area (Å²) in [5, 5.41) is 0. The van der Waals surface area contributed by atoms with Gasteiger partial charge in [-0.3, -0.25) is 25.4 Å². The maximum Gasteiger partial charge on any atom is 0.289 e. The number of carbonyl (C=O) groups excluding carboxylic acids is 2. The summed E-state index contributed by atoms with van der Waals surface area (Å²) in [6.07, 6.45) is 9.92. The zero-order chi connectivity index (χ0) is 15.4. The molecular weight excluding hydrogens is 300 g/mol. The SMILES string of the molecule is O=C(NNC(=O)c1cc2c(s1)CCCCC2)c1cnccn1. The monoisotopic (exact) mass is 316 g/mol. The Morgan fingerprint density at radius 3 is 2.68 bits per heavy atom. The highest BCUT2D eigenvalue weighted by Crippen LogP contribution is 2.28. The smallest absolute Gasteiger partial charge is 0.266 e. The molecule has 2 N–H and O–H groups in total. The highest BCUT2D eigenvalue weighted by Gasteiger charge is 2.17. The molecule has 22 heavy (non-hydrogen) atoms. The number of amides is 2. The van der Waals surface area contributed by atoms with E-state index in [2.05, 4.69) is 20.8 Å². The Morgan fingerprint density at radius 1 is 1.05 bits per heavy atom. The number of fused-ring (bicyclic) bond motifs is 1. The molecule has 7 heteroatoms. The van der Waals surface area contributed by atoms with Gasteiger partial charge >= 0.3 is 0 Å². The van der Waals surface area contributed by atoms with E-state index < -0.39 is 5.91 Å². The molecule has 2 aromatic rings. The van der Waals surface area contributed by atoms with Gasteiger partial charge in [0.1, 0.15) is 5.69 Å². The summed E-state index contributed by atoms with van der Waals surface area (Å²) < 4.78 is 0. The van der Waals surface area contributed by atoms with Crippen molar-refractivity contribution in [2.24, 2.45) is 0 Å². The molecule has 2 amide bonds. The molecule has 0 bridgehead atoms. The highest BCUT2D eigenvalue weighted by molar-refractivity contribution is 7.14. The van der Waals surface area contributed by atoms with Crippen molar-refractivity contribution < 1.29 is 9.59 Å². The number of nitrogens with one attached hydrogen (secondary N) is 2. The third-order valence-corrected chi connectivity index (χ3v) is 4.79. The van der Waals surface area contributed by atoms with Crippen LogP contribution in [0.4, 0.5) is 0 Å². The van der Waals surface area contributed by atoms with Crippen molar-refractivity contribution in [3.63, 3.8) is 0 Å². The lowest BCUT2D eigenvalue weighted by Gasteiger charge is -2.05. The molecule has 0 aliphatic heterocycles. The Kier molecular flexibility index (Phi) is 4.43. The summed E-state index contributed by atoms with van der Waals surface area (Å²) in [7, 11) is 0. The fraction of sp³-hybridized carbons (Fsp3) is 0.333. The second-order valence-corrected chi connectivity index (χ2v) is 6.26. The summed E-state index contributed by atoms with van der Waals surface area (Å²) >= 11 is 1.51. The van der Waals surface area contributed by atoms with Crippen molar-refractivity contribution in [1.29, 1.82) is 0 Å². The quantitative estimate of drug-likeness (QED) is 0.654. The van der Waals surface area contributed by atoms with Gasteiger partial charge in [-0.05, 0) is 37.3 Å². The molecule has 3 rings (SSSR count). The van der Waals surface area contributed by atoms with Gasteiger partial charge in [0.15, 0.2) is 0 Å². The number of hydrazine groups is 1. The van der Waals surface area contributed by atoms with Gasteiger partial charge < -0.3 is 0 Å². The van der Waals surface area contributed by atoms with Gasteiger partial charge in [0.2, 0.25) is 0 Å². The third kappa shape index (κ3) is 3.30. The van der Waals surface area contributed by atoms with E-state index >= 15 is 0 Å². The largest absolute Gasteiger partial charge is 0.289 e. The van der Waals surface area contributed by atoms with Gasteiger partial charge in [-0.25, -0.2) is 4.98 Å². The van der Waals surface area contributed by atoms with Crippen LogP contribution >= 0.6 is 11.3 Å². The van der Waals surface area contributed by atoms with E-state index in [9.17, 15) is 9.59 Å². The fourth-order valence-corrected chi connectivity index (χ4v) is 3.58. The molecule has 2 heterocycles. The predicted molar refractivity (Wildman–Crippen MR) is 82.5 cm³/mol. The van der Waals surface area contributed by atoms with Crippen LogP contribution in [0.5, 0.6) is 0 Å². The summed E-state index contributed by atoms with van der Waals surface area (Å²) in [6.45, 7) is 0. The van der Waals surface area contributed by atoms with Crippen LogP contribution in [0.1, 0.15) is 49.9 Å². The molecule has 2 aromatic heterocycles. The van der Waals surface area contributed by atoms with Crippen LogP contribution in [0.25, 0.3) is 0 Å². The summed E-state index contributed by atoms with van der Waals surface area (Å²) in [5.74, 6) is -0.783. The number of hydrogen-bond donors (Lipinski definition) is 2. The van der Waals surface area contributed by atoms with Crippen LogP contribution in [0.3, 0.4) is 0 Å². The predicted octanol–water partition coefficient (Wildman–Crippen LogP) is 1.88. The third-order valence-electron chi connectivity index (χ3n) is 3.56. The van der Waals surface area contributed by atoms with E-state index in [1.165, 1.54) is 59.6 Å². The first-order chi connectivity index (χ1) is 10.7. The zero-order valence-corrected chi connectivity index (χ0v) is 12.8. The van der Waals surface area contributed by atoms with E-state index in [0.717, 1.165) is 12.8 Å². The van der Waals surface area contributed by atoms with Gasteiger partial charge in [0.05, 0.1) is 11.1 Å². The average Bonchev–Trinajstić information content (AvgIpc) is 2.84. The van der Waals surface area contributed by atoms with Crippen LogP contribution in [-0.4, -0.2) is 21.8 Å². The van der Waals surface area contributed by atoms with Crippen molar-refractivity contribution in [2.75, 3.05) is 0 Å². The van der Waals surface area contributed by atoms with Crippen LogP contribution in [0.15, 0.2) is 24.7 Å². The Balaban J connectivity index is 1.62. The lowest BCUT2D eigenvalue weighted by atomic mass is 10.1. The first-order valence-corrected chi connectivity index (χ1v) is 8.04. The van der Waals surface area contributed by atoms with Crippen LogP contribution < -0.4 is 10.9 Å². The molecule has 0 saturated carbocycles. The van der Waals surface area contributed by atoms with E-state index in [0.29, 0.717) is 4.88 Å². The average molecular weight is 316 g/mol. The van der Waals surface area contributed by atoms with Crippen LogP contribution in [0, 0.1) is 0 Å². The van der Waals surface area contributed by atoms with Crippen molar-refractivity contribution >= 4 is 23.2 Å². The van der Waals surface area contributed by atoms with E-state index in [1.807, 2.05) is 6.07 Å². The molecule has 0 atom stereocenters. The molecule has 0 aromatic carbocycles. The van der Waals surface area contributed by atoms with Gasteiger partial charge in [-0.15, -0.1) is 11.3 Å². The first-order valence-electron chi connectivity index (χ1n) is 7.22. The lowest BCUT2D eigenvalue weighted by molar-refractivity contribution is 0.0846. The number of aryl methyl sites for hydroxylation is 2. The minimum absolute atomic E-state index is 0.157. The van der Waals surface area contributed by atoms with Crippen molar-refractivity contribution in [3.8, 4) is 0 Å². The Hall–Kier alpha value is -2.28. The molecule has 6 nitrogen and oxygen atoms in total. The Labute approximate surface area is 132 Å². The number of aromatic nitrogens is 2. The van der Waals surface area contributed by atoms with E-state index in [1.54, 1.807) is 0 Å². The Bertz CT molecular complexity index is 661. The molecule has 114 valence electrons. The molecule has 0 saturated heterocycles. The molecule has 0 radical (unpaired) electrons. The van der Waals surface area contributed by atoms with Crippen molar-refractivity contribution in [3.05, 3.63) is 45.7 Å². The summed E-state index contributed by atoms with van der Waals surface area (Å²) in [6, 6.07) is 1.94. The molecular formula is C15H16N4O2S. The molecule has 1 aliphatic carbocycles. The maximum absolute atomic E-state index is 12.1. The second-order valence-electron chi connectivity index (χ2n) is 5.12. The number of nitrogens with zero attached hydrogens (tertiary/aromatic N) is 2. The number of carbonyl (C=O) groups is 2. The zero-order valence-electron chi connectivity index (χ0n) is 12.0. The van der Waals surface area contributed by atoms with E-state index in [4.69, 9.17) is 0 Å². The highest BCUT2D eigenvalue weighted by atomic mass is 32.1. The van der Waals surface area contributed by atoms with Crippen LogP contribution in [-0.2, 0) is 12.8 Å². The van der Waals surface area contributed by atoms with Crippen molar-refractivity contribution in [2.45, 2.75) is 32.1 Å². The minimum Gasteiger partial charge on any atom is -0.266 e. The topological polar surface area (TPSA) is 84.0 Å². The molecule has 0 fully saturated rings. The fourth-order valence-electron chi connectivity index (χ4n) is 2.43. The normalized spacial score (nSPS) is 13.8. The number of rotatable bonds is 2. The summed E-state index contributed by atoms with van der Waals surface area (Å²) in [5.41, 5.74) is 6.21. The molecule has 0 spiro atoms. The Morgan fingerprint density at radius 2 is 1.86 bits per heavy atom. The lowest BCUT2D eigenvalue weighted by Crippen LogP contribution is -2.41. The molecule has 1 aliphatic rings. The van der Waals surface area contributed by atoms with Gasteiger partial charge in [0.25, 0.3) is 11.8 Å². The second kappa shape index (κ2) is 6.65. The van der Waals surface area contributed by atoms with Gasteiger partial charge in [-0.1, -0.05) is 6.42 Å².